The third kappa shape index (κ3) is 7.91. The number of ether oxygens (including phenoxy) is 3. The number of amides is 1. The van der Waals surface area contributed by atoms with Crippen molar-refractivity contribution in [3.63, 3.8) is 0 Å². The van der Waals surface area contributed by atoms with Gasteiger partial charge in [0.2, 0.25) is 5.88 Å². The van der Waals surface area contributed by atoms with E-state index in [1.54, 1.807) is 0 Å². The normalized spacial score (nSPS) is 11.9. The second kappa shape index (κ2) is 12.2. The number of hydrogen-bond donors (Lipinski definition) is 1. The fourth-order valence-corrected chi connectivity index (χ4v) is 3.99. The molecule has 0 bridgehead atoms. The Morgan fingerprint density at radius 3 is 2.45 bits per heavy atom. The highest BCUT2D eigenvalue weighted by molar-refractivity contribution is 7.90. The van der Waals surface area contributed by atoms with Crippen molar-refractivity contribution >= 4 is 33.6 Å². The lowest BCUT2D eigenvalue weighted by molar-refractivity contribution is -0.137. The van der Waals surface area contributed by atoms with Gasteiger partial charge in [0, 0.05) is 31.0 Å². The number of alkyl halides is 3. The molecule has 0 unspecified atom stereocenters. The number of carbonyl (C=O) groups excluding carboxylic acids is 1. The summed E-state index contributed by atoms with van der Waals surface area (Å²) in [6, 6.07) is 8.81. The number of nitrogens with zero attached hydrogens (tertiary/aromatic N) is 1. The van der Waals surface area contributed by atoms with Crippen LogP contribution in [0.1, 0.15) is 11.1 Å². The summed E-state index contributed by atoms with van der Waals surface area (Å²) in [4.78, 5) is 15.6. The first kappa shape index (κ1) is 28.9. The Bertz CT molecular complexity index is 1430. The molecule has 0 radical (unpaired) electrons. The first-order valence-electron chi connectivity index (χ1n) is 10.6. The van der Waals surface area contributed by atoms with Crippen molar-refractivity contribution < 1.29 is 45.0 Å². The van der Waals surface area contributed by atoms with Gasteiger partial charge in [-0.15, -0.1) is 0 Å². The van der Waals surface area contributed by atoms with Crippen LogP contribution in [0.25, 0.3) is 6.08 Å². The summed E-state index contributed by atoms with van der Waals surface area (Å²) in [6.07, 6.45) is -2.04. The molecule has 14 heteroatoms. The van der Waals surface area contributed by atoms with Crippen molar-refractivity contribution in [2.24, 2.45) is 0 Å². The fraction of sp³-hybridized carbons (Fsp3) is 0.167. The maximum atomic E-state index is 13.1. The van der Waals surface area contributed by atoms with E-state index in [0.717, 1.165) is 30.3 Å². The van der Waals surface area contributed by atoms with E-state index in [1.165, 1.54) is 31.4 Å². The lowest BCUT2D eigenvalue weighted by Crippen LogP contribution is -2.28. The fourth-order valence-electron chi connectivity index (χ4n) is 2.84. The number of pyridine rings is 1. The SMILES string of the molecule is COCCOc1ccc(C=CC(=O)NS(=O)(=O)c2ccc(F)cc2)c(Oc2ncc(C(F)(F)F)cc2Cl)c1. The molecule has 0 saturated heterocycles. The summed E-state index contributed by atoms with van der Waals surface area (Å²) in [5.74, 6) is -1.77. The van der Waals surface area contributed by atoms with Crippen LogP contribution in [0.4, 0.5) is 17.6 Å². The first-order valence-corrected chi connectivity index (χ1v) is 12.4. The van der Waals surface area contributed by atoms with E-state index in [4.69, 9.17) is 25.8 Å². The van der Waals surface area contributed by atoms with Crippen LogP contribution in [0, 0.1) is 5.82 Å². The smallest absolute Gasteiger partial charge is 0.417 e. The van der Waals surface area contributed by atoms with Gasteiger partial charge < -0.3 is 14.2 Å². The summed E-state index contributed by atoms with van der Waals surface area (Å²) >= 11 is 5.94. The van der Waals surface area contributed by atoms with Gasteiger partial charge in [0.05, 0.1) is 17.1 Å². The van der Waals surface area contributed by atoms with E-state index < -0.39 is 38.5 Å². The summed E-state index contributed by atoms with van der Waals surface area (Å²) in [5, 5.41) is -0.427. The van der Waals surface area contributed by atoms with Gasteiger partial charge >= 0.3 is 6.18 Å². The third-order valence-corrected chi connectivity index (χ3v) is 6.29. The molecule has 1 aromatic heterocycles. The maximum absolute atomic E-state index is 13.1. The lowest BCUT2D eigenvalue weighted by Gasteiger charge is -2.13. The minimum Gasteiger partial charge on any atom is -0.491 e. The van der Waals surface area contributed by atoms with Gasteiger partial charge in [0.15, 0.2) is 0 Å². The van der Waals surface area contributed by atoms with Crippen molar-refractivity contribution in [3.8, 4) is 17.4 Å². The molecule has 8 nitrogen and oxygen atoms in total. The number of hydrogen-bond acceptors (Lipinski definition) is 7. The number of carbonyl (C=O) groups is 1. The summed E-state index contributed by atoms with van der Waals surface area (Å²) in [7, 11) is -2.80. The zero-order chi connectivity index (χ0) is 27.9. The van der Waals surface area contributed by atoms with Crippen molar-refractivity contribution in [1.82, 2.24) is 9.71 Å². The zero-order valence-electron chi connectivity index (χ0n) is 19.5. The second-order valence-corrected chi connectivity index (χ2v) is 9.50. The molecule has 1 N–H and O–H groups in total. The summed E-state index contributed by atoms with van der Waals surface area (Å²) in [5.41, 5.74) is -0.873. The molecule has 3 rings (SSSR count). The van der Waals surface area contributed by atoms with Crippen LogP contribution in [0.3, 0.4) is 0 Å². The Kier molecular flexibility index (Phi) is 9.31. The molecule has 38 heavy (non-hydrogen) atoms. The topological polar surface area (TPSA) is 104 Å². The van der Waals surface area contributed by atoms with Gasteiger partial charge in [-0.05, 0) is 48.5 Å². The van der Waals surface area contributed by atoms with Crippen LogP contribution < -0.4 is 14.2 Å². The highest BCUT2D eigenvalue weighted by Crippen LogP contribution is 2.36. The first-order chi connectivity index (χ1) is 17.9. The van der Waals surface area contributed by atoms with E-state index in [2.05, 4.69) is 4.98 Å². The van der Waals surface area contributed by atoms with Crippen molar-refractivity contribution in [3.05, 3.63) is 82.8 Å². The number of aromatic nitrogens is 1. The van der Waals surface area contributed by atoms with E-state index in [0.29, 0.717) is 18.0 Å². The number of sulfonamides is 1. The molecular weight excluding hydrogens is 556 g/mol. The summed E-state index contributed by atoms with van der Waals surface area (Å²) < 4.78 is 94.4. The second-order valence-electron chi connectivity index (χ2n) is 7.41. The quantitative estimate of drug-likeness (QED) is 0.201. The van der Waals surface area contributed by atoms with Gasteiger partial charge in [-0.2, -0.15) is 13.2 Å². The number of halogens is 5. The molecular formula is C24H19ClF4N2O6S. The Hall–Kier alpha value is -3.68. The van der Waals surface area contributed by atoms with E-state index in [1.807, 2.05) is 4.72 Å². The Morgan fingerprint density at radius 2 is 1.82 bits per heavy atom. The average Bonchev–Trinajstić information content (AvgIpc) is 2.84. The maximum Gasteiger partial charge on any atom is 0.417 e. The van der Waals surface area contributed by atoms with Crippen LogP contribution in [0.2, 0.25) is 5.02 Å². The van der Waals surface area contributed by atoms with Crippen LogP contribution in [0.5, 0.6) is 17.4 Å². The monoisotopic (exact) mass is 574 g/mol. The molecule has 1 amide bonds. The molecule has 0 fully saturated rings. The molecule has 202 valence electrons. The number of rotatable bonds is 10. The van der Waals surface area contributed by atoms with Crippen molar-refractivity contribution in [2.45, 2.75) is 11.1 Å². The molecule has 1 heterocycles. The minimum absolute atomic E-state index is 0.0143. The number of benzene rings is 2. The average molecular weight is 575 g/mol. The van der Waals surface area contributed by atoms with E-state index >= 15 is 0 Å². The number of methoxy groups -OCH3 is 1. The molecule has 0 aliphatic carbocycles. The lowest BCUT2D eigenvalue weighted by atomic mass is 10.1. The molecule has 0 saturated carbocycles. The highest BCUT2D eigenvalue weighted by atomic mass is 35.5. The molecule has 3 aromatic rings. The molecule has 0 aliphatic rings. The van der Waals surface area contributed by atoms with Crippen LogP contribution in [0.15, 0.2) is 65.7 Å². The molecule has 2 aromatic carbocycles. The standard InChI is InChI=1S/C24H19ClF4N2O6S/c1-35-10-11-36-18-6-2-15(3-9-22(32)31-38(33,34)19-7-4-17(26)5-8-19)21(13-18)37-23-20(25)12-16(14-30-23)24(27,28)29/h2-9,12-14H,10-11H2,1H3,(H,31,32). The molecule has 0 aliphatic heterocycles. The summed E-state index contributed by atoms with van der Waals surface area (Å²) in [6.45, 7) is 0.445. The Balaban J connectivity index is 1.86. The Morgan fingerprint density at radius 1 is 1.11 bits per heavy atom. The predicted octanol–water partition coefficient (Wildman–Crippen LogP) is 5.23. The number of nitrogens with one attached hydrogen (secondary N) is 1. The Labute approximate surface area is 219 Å². The molecule has 0 atom stereocenters. The van der Waals surface area contributed by atoms with E-state index in [-0.39, 0.29) is 35.3 Å². The third-order valence-electron chi connectivity index (χ3n) is 4.66. The largest absolute Gasteiger partial charge is 0.491 e. The highest BCUT2D eigenvalue weighted by Gasteiger charge is 2.32. The minimum atomic E-state index is -4.67. The van der Waals surface area contributed by atoms with Crippen LogP contribution in [-0.4, -0.2) is 39.6 Å². The van der Waals surface area contributed by atoms with Crippen molar-refractivity contribution in [2.75, 3.05) is 20.3 Å². The van der Waals surface area contributed by atoms with Gasteiger partial charge in [-0.1, -0.05) is 11.6 Å². The van der Waals surface area contributed by atoms with Gasteiger partial charge in [0.1, 0.15) is 28.9 Å². The van der Waals surface area contributed by atoms with Gasteiger partial charge in [-0.3, -0.25) is 4.79 Å². The van der Waals surface area contributed by atoms with Gasteiger partial charge in [0.25, 0.3) is 15.9 Å². The van der Waals surface area contributed by atoms with Crippen molar-refractivity contribution in [1.29, 1.82) is 0 Å². The van der Waals surface area contributed by atoms with E-state index in [9.17, 15) is 30.8 Å². The predicted molar refractivity (Wildman–Crippen MR) is 129 cm³/mol. The molecule has 0 spiro atoms. The zero-order valence-corrected chi connectivity index (χ0v) is 21.0. The van der Waals surface area contributed by atoms with Crippen LogP contribution in [-0.2, 0) is 25.7 Å². The van der Waals surface area contributed by atoms with Crippen LogP contribution >= 0.6 is 11.6 Å². The van der Waals surface area contributed by atoms with Gasteiger partial charge in [-0.25, -0.2) is 22.5 Å².